The second kappa shape index (κ2) is 10.3. The fourth-order valence-electron chi connectivity index (χ4n) is 3.70. The predicted molar refractivity (Wildman–Crippen MR) is 113 cm³/mol. The van der Waals surface area contributed by atoms with Gasteiger partial charge in [0, 0.05) is 19.6 Å². The Labute approximate surface area is 177 Å². The Morgan fingerprint density at radius 1 is 0.967 bits per heavy atom. The Hall–Kier alpha value is -2.77. The summed E-state index contributed by atoms with van der Waals surface area (Å²) in [6, 6.07) is 15.7. The number of piperidine rings is 1. The molecule has 1 amide bonds. The molecule has 160 valence electrons. The van der Waals surface area contributed by atoms with Gasteiger partial charge >= 0.3 is 6.09 Å². The molecule has 0 saturated carbocycles. The lowest BCUT2D eigenvalue weighted by molar-refractivity contribution is -0.0410. The van der Waals surface area contributed by atoms with Gasteiger partial charge in [-0.2, -0.15) is 0 Å². The molecule has 0 atom stereocenters. The van der Waals surface area contributed by atoms with Crippen LogP contribution >= 0.6 is 0 Å². The standard InChI is InChI=1S/C23H29N3O4/c27-23(30-17-19-7-3-1-4-8-19)26(25-11-5-2-6-12-25)18-24-16-20-9-10-21-22(15-20)29-14-13-28-21/h1,3-4,7-10,15,24H,2,5-6,11-14,16-18H2. The summed E-state index contributed by atoms with van der Waals surface area (Å²) in [5, 5.41) is 7.16. The minimum absolute atomic E-state index is 0.270. The number of amides is 1. The first kappa shape index (κ1) is 20.5. The normalized spacial score (nSPS) is 16.1. The van der Waals surface area contributed by atoms with Crippen LogP contribution in [0.15, 0.2) is 48.5 Å². The van der Waals surface area contributed by atoms with Crippen molar-refractivity contribution in [2.75, 3.05) is 33.0 Å². The zero-order valence-corrected chi connectivity index (χ0v) is 17.2. The van der Waals surface area contributed by atoms with E-state index in [1.807, 2.05) is 48.5 Å². The van der Waals surface area contributed by atoms with Crippen molar-refractivity contribution in [1.82, 2.24) is 15.3 Å². The van der Waals surface area contributed by atoms with Crippen molar-refractivity contribution >= 4 is 6.09 Å². The monoisotopic (exact) mass is 411 g/mol. The lowest BCUT2D eigenvalue weighted by Gasteiger charge is -2.36. The molecule has 1 N–H and O–H groups in total. The first-order valence-corrected chi connectivity index (χ1v) is 10.6. The topological polar surface area (TPSA) is 63.3 Å². The number of rotatable bonds is 7. The molecule has 1 saturated heterocycles. The van der Waals surface area contributed by atoms with Crippen molar-refractivity contribution in [1.29, 1.82) is 0 Å². The third kappa shape index (κ3) is 5.43. The number of ether oxygens (including phenoxy) is 3. The molecular formula is C23H29N3O4. The molecule has 2 heterocycles. The van der Waals surface area contributed by atoms with Crippen LogP contribution in [0, 0.1) is 0 Å². The van der Waals surface area contributed by atoms with Crippen LogP contribution in [0.2, 0.25) is 0 Å². The molecule has 2 aromatic carbocycles. The molecular weight excluding hydrogens is 382 g/mol. The summed E-state index contributed by atoms with van der Waals surface area (Å²) in [6.07, 6.45) is 3.05. The van der Waals surface area contributed by atoms with Crippen LogP contribution < -0.4 is 14.8 Å². The zero-order valence-electron chi connectivity index (χ0n) is 17.2. The number of hydrogen-bond donors (Lipinski definition) is 1. The number of carbonyl (C=O) groups excluding carboxylic acids is 1. The predicted octanol–water partition coefficient (Wildman–Crippen LogP) is 3.54. The quantitative estimate of drug-likeness (QED) is 0.703. The minimum Gasteiger partial charge on any atom is -0.486 e. The molecule has 7 nitrogen and oxygen atoms in total. The van der Waals surface area contributed by atoms with Gasteiger partial charge in [-0.25, -0.2) is 14.8 Å². The van der Waals surface area contributed by atoms with Crippen LogP contribution in [-0.4, -0.2) is 49.1 Å². The molecule has 0 unspecified atom stereocenters. The number of nitrogens with one attached hydrogen (secondary N) is 1. The van der Waals surface area contributed by atoms with E-state index in [9.17, 15) is 4.79 Å². The zero-order chi connectivity index (χ0) is 20.6. The lowest BCUT2D eigenvalue weighted by atomic mass is 10.2. The smallest absolute Gasteiger partial charge is 0.426 e. The maximum Gasteiger partial charge on any atom is 0.426 e. The summed E-state index contributed by atoms with van der Waals surface area (Å²) in [5.74, 6) is 1.56. The fraction of sp³-hybridized carbons (Fsp3) is 0.435. The van der Waals surface area contributed by atoms with Crippen molar-refractivity contribution in [3.63, 3.8) is 0 Å². The summed E-state index contributed by atoms with van der Waals surface area (Å²) < 4.78 is 16.8. The average molecular weight is 412 g/mol. The average Bonchev–Trinajstić information content (AvgIpc) is 2.81. The van der Waals surface area contributed by atoms with Crippen molar-refractivity contribution in [2.45, 2.75) is 32.4 Å². The number of hydrazine groups is 1. The molecule has 0 aliphatic carbocycles. The largest absolute Gasteiger partial charge is 0.486 e. The van der Waals surface area contributed by atoms with Gasteiger partial charge < -0.3 is 14.2 Å². The molecule has 2 aliphatic rings. The SMILES string of the molecule is O=C(OCc1ccccc1)N(CNCc1ccc2c(c1)OCCO2)N1CCCCC1. The molecule has 0 aromatic heterocycles. The van der Waals surface area contributed by atoms with E-state index in [1.54, 1.807) is 5.01 Å². The van der Waals surface area contributed by atoms with Crippen LogP contribution in [-0.2, 0) is 17.9 Å². The second-order valence-electron chi connectivity index (χ2n) is 7.52. The van der Waals surface area contributed by atoms with Crippen molar-refractivity contribution in [3.8, 4) is 11.5 Å². The summed E-state index contributed by atoms with van der Waals surface area (Å²) in [7, 11) is 0. The highest BCUT2D eigenvalue weighted by atomic mass is 16.6. The highest BCUT2D eigenvalue weighted by molar-refractivity contribution is 5.67. The number of hydrogen-bond acceptors (Lipinski definition) is 6. The molecule has 2 aromatic rings. The van der Waals surface area contributed by atoms with Crippen molar-refractivity contribution in [2.24, 2.45) is 0 Å². The highest BCUT2D eigenvalue weighted by Gasteiger charge is 2.24. The van der Waals surface area contributed by atoms with E-state index in [-0.39, 0.29) is 12.7 Å². The van der Waals surface area contributed by atoms with Gasteiger partial charge in [0.1, 0.15) is 19.8 Å². The van der Waals surface area contributed by atoms with Gasteiger partial charge in [0.15, 0.2) is 11.5 Å². The third-order valence-corrected chi connectivity index (χ3v) is 5.29. The van der Waals surface area contributed by atoms with Gasteiger partial charge in [-0.1, -0.05) is 42.8 Å². The molecule has 2 aliphatic heterocycles. The molecule has 1 fully saturated rings. The van der Waals surface area contributed by atoms with Gasteiger partial charge in [-0.15, -0.1) is 0 Å². The van der Waals surface area contributed by atoms with E-state index >= 15 is 0 Å². The van der Waals surface area contributed by atoms with E-state index in [4.69, 9.17) is 14.2 Å². The Balaban J connectivity index is 1.34. The Morgan fingerprint density at radius 2 is 1.73 bits per heavy atom. The van der Waals surface area contributed by atoms with Crippen LogP contribution in [0.25, 0.3) is 0 Å². The lowest BCUT2D eigenvalue weighted by Crippen LogP contribution is -2.52. The molecule has 0 radical (unpaired) electrons. The van der Waals surface area contributed by atoms with Gasteiger partial charge in [-0.3, -0.25) is 5.32 Å². The molecule has 7 heteroatoms. The number of benzene rings is 2. The van der Waals surface area contributed by atoms with E-state index in [2.05, 4.69) is 10.3 Å². The third-order valence-electron chi connectivity index (χ3n) is 5.29. The van der Waals surface area contributed by atoms with Crippen LogP contribution in [0.5, 0.6) is 11.5 Å². The van der Waals surface area contributed by atoms with E-state index in [1.165, 1.54) is 6.42 Å². The fourth-order valence-corrected chi connectivity index (χ4v) is 3.70. The summed E-state index contributed by atoms with van der Waals surface area (Å²) >= 11 is 0. The Kier molecular flexibility index (Phi) is 7.05. The van der Waals surface area contributed by atoms with E-state index < -0.39 is 0 Å². The number of fused-ring (bicyclic) bond motifs is 1. The van der Waals surface area contributed by atoms with Gasteiger partial charge in [0.05, 0.1) is 6.67 Å². The Morgan fingerprint density at radius 3 is 2.53 bits per heavy atom. The van der Waals surface area contributed by atoms with Crippen molar-refractivity contribution in [3.05, 3.63) is 59.7 Å². The maximum absolute atomic E-state index is 12.8. The molecule has 0 spiro atoms. The Bertz CT molecular complexity index is 824. The van der Waals surface area contributed by atoms with Crippen LogP contribution in [0.3, 0.4) is 0 Å². The van der Waals surface area contributed by atoms with Crippen molar-refractivity contribution < 1.29 is 19.0 Å². The molecule has 4 rings (SSSR count). The number of carbonyl (C=O) groups is 1. The van der Waals surface area contributed by atoms with E-state index in [0.717, 1.165) is 48.6 Å². The number of nitrogens with zero attached hydrogens (tertiary/aromatic N) is 2. The maximum atomic E-state index is 12.8. The van der Waals surface area contributed by atoms with Gasteiger partial charge in [-0.05, 0) is 36.1 Å². The molecule has 30 heavy (non-hydrogen) atoms. The van der Waals surface area contributed by atoms with Crippen LogP contribution in [0.4, 0.5) is 4.79 Å². The molecule has 0 bridgehead atoms. The van der Waals surface area contributed by atoms with Gasteiger partial charge in [0.25, 0.3) is 0 Å². The summed E-state index contributed by atoms with van der Waals surface area (Å²) in [5.41, 5.74) is 2.06. The first-order valence-electron chi connectivity index (χ1n) is 10.6. The van der Waals surface area contributed by atoms with E-state index in [0.29, 0.717) is 26.4 Å². The van der Waals surface area contributed by atoms with Crippen LogP contribution in [0.1, 0.15) is 30.4 Å². The summed E-state index contributed by atoms with van der Waals surface area (Å²) in [4.78, 5) is 12.8. The summed E-state index contributed by atoms with van der Waals surface area (Å²) in [6.45, 7) is 4.17. The highest BCUT2D eigenvalue weighted by Crippen LogP contribution is 2.30. The second-order valence-corrected chi connectivity index (χ2v) is 7.52. The van der Waals surface area contributed by atoms with Gasteiger partial charge in [0.2, 0.25) is 0 Å². The minimum atomic E-state index is -0.324. The first-order chi connectivity index (χ1) is 14.8.